The van der Waals surface area contributed by atoms with Crippen LogP contribution in [-0.4, -0.2) is 49.6 Å². The number of benzene rings is 2. The predicted octanol–water partition coefficient (Wildman–Crippen LogP) is 5.84. The third-order valence-electron chi connectivity index (χ3n) is 6.02. The molecule has 17 heteroatoms. The second-order valence-corrected chi connectivity index (χ2v) is 11.6. The number of nitrogens with zero attached hydrogens (tertiary/aromatic N) is 3. The molecule has 2 aromatic carbocycles. The Morgan fingerprint density at radius 2 is 1.44 bits per heavy atom. The maximum atomic E-state index is 11.7. The molecule has 0 aliphatic carbocycles. The molecule has 48 heavy (non-hydrogen) atoms. The van der Waals surface area contributed by atoms with Crippen LogP contribution in [0.4, 0.5) is 16.2 Å². The number of aryl methyl sites for hydroxylation is 1. The molecule has 2 amide bonds. The molecular formula is C31H42Br2N6O9. The number of primary amides is 1. The number of oxazole rings is 1. The maximum absolute atomic E-state index is 11.7. The van der Waals surface area contributed by atoms with E-state index in [4.69, 9.17) is 20.6 Å². The molecule has 0 unspecified atom stereocenters. The number of rotatable bonds is 12. The Morgan fingerprint density at radius 3 is 1.77 bits per heavy atom. The van der Waals surface area contributed by atoms with Gasteiger partial charge in [0.25, 0.3) is 11.4 Å². The van der Waals surface area contributed by atoms with Crippen molar-refractivity contribution >= 4 is 62.1 Å². The van der Waals surface area contributed by atoms with Crippen LogP contribution in [0.2, 0.25) is 0 Å². The second kappa shape index (κ2) is 21.6. The number of hydrogen-bond acceptors (Lipinski definition) is 11. The lowest BCUT2D eigenvalue weighted by Gasteiger charge is -2.22. The molecule has 0 aliphatic heterocycles. The van der Waals surface area contributed by atoms with Crippen LogP contribution < -0.4 is 16.8 Å². The van der Waals surface area contributed by atoms with E-state index in [1.807, 2.05) is 13.8 Å². The van der Waals surface area contributed by atoms with Crippen molar-refractivity contribution in [2.24, 2.45) is 11.5 Å². The van der Waals surface area contributed by atoms with Crippen molar-refractivity contribution in [2.45, 2.75) is 78.0 Å². The molecule has 3 aromatic rings. The van der Waals surface area contributed by atoms with Crippen LogP contribution in [0.25, 0.3) is 0 Å². The maximum Gasteiger partial charge on any atom is 0.408 e. The number of nitrogens with two attached hydrogens (primary N) is 2. The number of nitro groups is 2. The third-order valence-corrected chi connectivity index (χ3v) is 6.64. The largest absolute Gasteiger partial charge is 0.447 e. The summed E-state index contributed by atoms with van der Waals surface area (Å²) in [5.41, 5.74) is 13.0. The molecule has 0 bridgehead atoms. The van der Waals surface area contributed by atoms with Crippen molar-refractivity contribution < 1.29 is 33.4 Å². The second-order valence-electron chi connectivity index (χ2n) is 11.0. The number of ether oxygens (including phenoxy) is 1. The normalized spacial score (nSPS) is 11.6. The smallest absolute Gasteiger partial charge is 0.408 e. The topological polar surface area (TPSA) is 237 Å². The molecule has 15 nitrogen and oxygen atoms in total. The molecule has 5 N–H and O–H groups in total. The Morgan fingerprint density at radius 1 is 0.958 bits per heavy atom. The summed E-state index contributed by atoms with van der Waals surface area (Å²) < 4.78 is 10.4. The van der Waals surface area contributed by atoms with Crippen molar-refractivity contribution in [3.05, 3.63) is 97.7 Å². The van der Waals surface area contributed by atoms with Crippen LogP contribution in [0.15, 0.2) is 59.2 Å². The highest BCUT2D eigenvalue weighted by molar-refractivity contribution is 9.09. The summed E-state index contributed by atoms with van der Waals surface area (Å²) in [7, 11) is 0. The molecule has 2 atom stereocenters. The van der Waals surface area contributed by atoms with E-state index in [-0.39, 0.29) is 46.6 Å². The van der Waals surface area contributed by atoms with Gasteiger partial charge in [0, 0.05) is 37.1 Å². The molecule has 1 heterocycles. The number of carbonyl (C=O) groups excluding carboxylic acids is 3. The minimum absolute atomic E-state index is 0. The van der Waals surface area contributed by atoms with E-state index in [0.717, 1.165) is 17.7 Å². The Bertz CT molecular complexity index is 1470. The van der Waals surface area contributed by atoms with Gasteiger partial charge in [0.1, 0.15) is 23.7 Å². The van der Waals surface area contributed by atoms with Gasteiger partial charge >= 0.3 is 6.09 Å². The monoisotopic (exact) mass is 800 g/mol. The van der Waals surface area contributed by atoms with Gasteiger partial charge in [-0.2, -0.15) is 0 Å². The summed E-state index contributed by atoms with van der Waals surface area (Å²) in [6, 6.07) is 10.7. The van der Waals surface area contributed by atoms with Crippen molar-refractivity contribution in [3.8, 4) is 0 Å². The van der Waals surface area contributed by atoms with E-state index in [2.05, 4.69) is 26.2 Å². The van der Waals surface area contributed by atoms with Crippen molar-refractivity contribution in [1.29, 1.82) is 0 Å². The van der Waals surface area contributed by atoms with Crippen LogP contribution in [0.5, 0.6) is 0 Å². The summed E-state index contributed by atoms with van der Waals surface area (Å²) in [6.45, 7) is 8.93. The molecule has 0 aliphatic rings. The van der Waals surface area contributed by atoms with Crippen molar-refractivity contribution in [1.82, 2.24) is 10.3 Å². The van der Waals surface area contributed by atoms with Crippen LogP contribution in [0.3, 0.4) is 0 Å². The third kappa shape index (κ3) is 17.1. The number of nitro benzene ring substituents is 2. The number of Topliss-reactive ketones (excluding diaryl/α,β-unsaturated/α-hetero) is 1. The van der Waals surface area contributed by atoms with Crippen LogP contribution >= 0.6 is 32.9 Å². The van der Waals surface area contributed by atoms with Crippen molar-refractivity contribution in [3.63, 3.8) is 0 Å². The molecule has 0 saturated carbocycles. The molecule has 1 aromatic heterocycles. The lowest BCUT2D eigenvalue weighted by atomic mass is 10.1. The lowest BCUT2D eigenvalue weighted by molar-refractivity contribution is -0.385. The number of halogens is 2. The fourth-order valence-electron chi connectivity index (χ4n) is 3.51. The zero-order chi connectivity index (χ0) is 35.7. The quantitative estimate of drug-likeness (QED) is 0.112. The summed E-state index contributed by atoms with van der Waals surface area (Å²) in [5.74, 6) is 0.0365. The van der Waals surface area contributed by atoms with Crippen molar-refractivity contribution in [2.75, 3.05) is 5.33 Å². The molecular weight excluding hydrogens is 760 g/mol. The Kier molecular flexibility index (Phi) is 19.7. The minimum Gasteiger partial charge on any atom is -0.447 e. The van der Waals surface area contributed by atoms with Gasteiger partial charge in [-0.05, 0) is 44.7 Å². The Hall–Kier alpha value is -4.22. The first-order valence-corrected chi connectivity index (χ1v) is 15.6. The number of amides is 2. The van der Waals surface area contributed by atoms with Crippen LogP contribution in [0, 0.1) is 20.2 Å². The molecule has 0 saturated heterocycles. The van der Waals surface area contributed by atoms with Gasteiger partial charge in [0.15, 0.2) is 0 Å². The first-order valence-electron chi connectivity index (χ1n) is 14.5. The standard InChI is InChI=1S/C14H19N3O5.C13H15N3O3.C4H7BrO.BrH/c1-14(2,3)22-13(19)16-11(12(15)18)8-9-4-6-10(7-5-9)17(20)21;1-2-10-8-19-13(15-10)12(14)7-9-3-5-11(6-4-9)16(17)18;1-2-4(6)3-5;/h4-7,11H,8H2,1-3H3,(H2,15,18)(H,16,19);3-6,8,12H,2,7,14H2,1H3;2-3H2,1H3;1H/t11-;12-;;/m00../s1. The van der Waals surface area contributed by atoms with E-state index < -0.39 is 33.5 Å². The van der Waals surface area contributed by atoms with Gasteiger partial charge in [-0.1, -0.05) is 54.0 Å². The summed E-state index contributed by atoms with van der Waals surface area (Å²) in [4.78, 5) is 57.7. The van der Waals surface area contributed by atoms with Crippen LogP contribution in [-0.2, 0) is 33.6 Å². The summed E-state index contributed by atoms with van der Waals surface area (Å²) in [6.07, 6.45) is 2.94. The van der Waals surface area contributed by atoms with E-state index >= 15 is 0 Å². The van der Waals surface area contributed by atoms with E-state index in [0.29, 0.717) is 29.6 Å². The highest BCUT2D eigenvalue weighted by Gasteiger charge is 2.23. The minimum atomic E-state index is -0.962. The summed E-state index contributed by atoms with van der Waals surface area (Å²) in [5, 5.41) is 24.0. The van der Waals surface area contributed by atoms with Gasteiger partial charge in [0.05, 0.1) is 26.9 Å². The number of non-ortho nitro benzene ring substituents is 2. The number of ketones is 1. The number of aromatic nitrogens is 1. The first kappa shape index (κ1) is 43.8. The number of nitrogens with one attached hydrogen (secondary N) is 1. The lowest BCUT2D eigenvalue weighted by Crippen LogP contribution is -2.47. The fraction of sp³-hybridized carbons (Fsp3) is 0.419. The SMILES string of the molecule is Br.CC(C)(C)OC(=O)N[C@@H](Cc1ccc([N+](=O)[O-])cc1)C(N)=O.CCC(=O)CBr.CCc1coc([C@@H](N)Cc2ccc([N+](=O)[O-])cc2)n1. The zero-order valence-electron chi connectivity index (χ0n) is 27.3. The molecule has 0 radical (unpaired) electrons. The zero-order valence-corrected chi connectivity index (χ0v) is 30.6. The number of hydrogen-bond donors (Lipinski definition) is 3. The molecule has 0 fully saturated rings. The number of carbonyl (C=O) groups is 3. The molecule has 0 spiro atoms. The highest BCUT2D eigenvalue weighted by Crippen LogP contribution is 2.19. The van der Waals surface area contributed by atoms with Gasteiger partial charge in [0.2, 0.25) is 11.8 Å². The molecule has 3 rings (SSSR count). The fourth-order valence-corrected chi connectivity index (χ4v) is 3.90. The first-order chi connectivity index (χ1) is 22.0. The Balaban J connectivity index is 0.000000778. The number of alkyl carbamates (subject to hydrolysis) is 1. The highest BCUT2D eigenvalue weighted by atomic mass is 79.9. The molecule has 264 valence electrons. The number of alkyl halides is 1. The van der Waals surface area contributed by atoms with Gasteiger partial charge in [-0.25, -0.2) is 9.78 Å². The Labute approximate surface area is 297 Å². The van der Waals surface area contributed by atoms with Crippen LogP contribution in [0.1, 0.15) is 69.8 Å². The van der Waals surface area contributed by atoms with Gasteiger partial charge < -0.3 is 25.9 Å². The van der Waals surface area contributed by atoms with E-state index in [1.54, 1.807) is 39.2 Å². The van der Waals surface area contributed by atoms with E-state index in [9.17, 15) is 34.6 Å². The van der Waals surface area contributed by atoms with E-state index in [1.165, 1.54) is 36.4 Å². The van der Waals surface area contributed by atoms with Gasteiger partial charge in [-0.3, -0.25) is 29.8 Å². The summed E-state index contributed by atoms with van der Waals surface area (Å²) >= 11 is 3.03. The average Bonchev–Trinajstić information content (AvgIpc) is 3.50. The predicted molar refractivity (Wildman–Crippen MR) is 188 cm³/mol. The van der Waals surface area contributed by atoms with Gasteiger partial charge in [-0.15, -0.1) is 17.0 Å². The average molecular weight is 803 g/mol.